The van der Waals surface area contributed by atoms with E-state index in [1.807, 2.05) is 31.2 Å². The van der Waals surface area contributed by atoms with Gasteiger partial charge < -0.3 is 14.8 Å². The van der Waals surface area contributed by atoms with Crippen LogP contribution in [-0.2, 0) is 9.53 Å². The molecule has 0 spiro atoms. The number of rotatable bonds is 10. The summed E-state index contributed by atoms with van der Waals surface area (Å²) in [5, 5.41) is 8.66. The smallest absolute Gasteiger partial charge is 0.338 e. The SMILES string of the molecule is CCCCOC(=O)C1=C(C)Nc2nc(SCCCC)nn2C1c1ccccc1OC. The summed E-state index contributed by atoms with van der Waals surface area (Å²) in [6.07, 6.45) is 4.02. The zero-order valence-corrected chi connectivity index (χ0v) is 18.9. The molecule has 1 aromatic carbocycles. The van der Waals surface area contributed by atoms with Crippen molar-refractivity contribution < 1.29 is 14.3 Å². The number of nitrogens with one attached hydrogen (secondary N) is 1. The van der Waals surface area contributed by atoms with E-state index in [9.17, 15) is 4.79 Å². The number of fused-ring (bicyclic) bond motifs is 1. The Hall–Kier alpha value is -2.48. The lowest BCUT2D eigenvalue weighted by Gasteiger charge is -2.29. The van der Waals surface area contributed by atoms with Crippen molar-refractivity contribution in [3.8, 4) is 5.75 Å². The Balaban J connectivity index is 2.02. The number of para-hydroxylation sites is 1. The number of benzene rings is 1. The molecule has 1 atom stereocenters. The van der Waals surface area contributed by atoms with Gasteiger partial charge in [-0.2, -0.15) is 4.98 Å². The number of carbonyl (C=O) groups is 1. The molecular formula is C22H30N4O3S. The van der Waals surface area contributed by atoms with Crippen LogP contribution >= 0.6 is 11.8 Å². The Bertz CT molecular complexity index is 910. The van der Waals surface area contributed by atoms with Crippen LogP contribution in [0.3, 0.4) is 0 Å². The summed E-state index contributed by atoms with van der Waals surface area (Å²) in [5.74, 6) is 1.92. The monoisotopic (exact) mass is 430 g/mol. The van der Waals surface area contributed by atoms with E-state index in [2.05, 4.69) is 24.1 Å². The summed E-state index contributed by atoms with van der Waals surface area (Å²) in [7, 11) is 1.63. The van der Waals surface area contributed by atoms with E-state index in [0.717, 1.165) is 42.7 Å². The van der Waals surface area contributed by atoms with E-state index in [-0.39, 0.29) is 5.97 Å². The topological polar surface area (TPSA) is 78.3 Å². The third kappa shape index (κ3) is 4.80. The van der Waals surface area contributed by atoms with Gasteiger partial charge in [0.2, 0.25) is 11.1 Å². The molecule has 1 N–H and O–H groups in total. The van der Waals surface area contributed by atoms with Crippen LogP contribution in [0.25, 0.3) is 0 Å². The number of allylic oxidation sites excluding steroid dienone is 1. The minimum absolute atomic E-state index is 0.342. The van der Waals surface area contributed by atoms with Crippen molar-refractivity contribution in [2.75, 3.05) is 24.8 Å². The highest BCUT2D eigenvalue weighted by molar-refractivity contribution is 7.99. The molecule has 3 rings (SSSR count). The van der Waals surface area contributed by atoms with E-state index in [1.165, 1.54) is 0 Å². The van der Waals surface area contributed by atoms with Gasteiger partial charge in [-0.15, -0.1) is 5.10 Å². The maximum atomic E-state index is 13.1. The first kappa shape index (κ1) is 22.2. The number of aromatic nitrogens is 3. The second kappa shape index (κ2) is 10.5. The van der Waals surface area contributed by atoms with Crippen molar-refractivity contribution in [3.63, 3.8) is 0 Å². The highest BCUT2D eigenvalue weighted by Crippen LogP contribution is 2.40. The lowest BCUT2D eigenvalue weighted by Crippen LogP contribution is -2.30. The van der Waals surface area contributed by atoms with Crippen LogP contribution in [-0.4, -0.2) is 40.2 Å². The molecule has 1 unspecified atom stereocenters. The van der Waals surface area contributed by atoms with Crippen molar-refractivity contribution in [1.29, 1.82) is 0 Å². The van der Waals surface area contributed by atoms with E-state index >= 15 is 0 Å². The van der Waals surface area contributed by atoms with Crippen LogP contribution < -0.4 is 10.1 Å². The predicted molar refractivity (Wildman–Crippen MR) is 119 cm³/mol. The fourth-order valence-electron chi connectivity index (χ4n) is 3.33. The number of thioether (sulfide) groups is 1. The van der Waals surface area contributed by atoms with Crippen molar-refractivity contribution in [1.82, 2.24) is 14.8 Å². The summed E-state index contributed by atoms with van der Waals surface area (Å²) in [4.78, 5) is 17.7. The van der Waals surface area contributed by atoms with Crippen molar-refractivity contribution >= 4 is 23.7 Å². The molecule has 0 fully saturated rings. The zero-order valence-electron chi connectivity index (χ0n) is 18.1. The van der Waals surface area contributed by atoms with Crippen LogP contribution in [0.4, 0.5) is 5.95 Å². The van der Waals surface area contributed by atoms with Gasteiger partial charge in [-0.05, 0) is 25.8 Å². The third-order valence-electron chi connectivity index (χ3n) is 4.95. The molecule has 0 saturated heterocycles. The molecule has 0 aliphatic carbocycles. The fraction of sp³-hybridized carbons (Fsp3) is 0.500. The number of hydrogen-bond donors (Lipinski definition) is 1. The Morgan fingerprint density at radius 2 is 2.00 bits per heavy atom. The molecule has 7 nitrogen and oxygen atoms in total. The minimum atomic E-state index is -0.473. The molecule has 1 aliphatic rings. The Morgan fingerprint density at radius 1 is 1.23 bits per heavy atom. The van der Waals surface area contributed by atoms with Crippen LogP contribution in [0.5, 0.6) is 5.75 Å². The van der Waals surface area contributed by atoms with Crippen molar-refractivity contribution in [2.24, 2.45) is 0 Å². The number of unbranched alkanes of at least 4 members (excludes halogenated alkanes) is 2. The molecule has 0 bridgehead atoms. The van der Waals surface area contributed by atoms with Crippen molar-refractivity contribution in [3.05, 3.63) is 41.1 Å². The average Bonchev–Trinajstić information content (AvgIpc) is 3.15. The Morgan fingerprint density at radius 3 is 2.73 bits per heavy atom. The molecule has 2 heterocycles. The molecule has 0 saturated carbocycles. The van der Waals surface area contributed by atoms with Gasteiger partial charge in [-0.25, -0.2) is 9.48 Å². The van der Waals surface area contributed by atoms with Crippen LogP contribution in [0.15, 0.2) is 40.7 Å². The van der Waals surface area contributed by atoms with Crippen LogP contribution in [0, 0.1) is 0 Å². The first-order valence-electron chi connectivity index (χ1n) is 10.5. The minimum Gasteiger partial charge on any atom is -0.496 e. The molecular weight excluding hydrogens is 400 g/mol. The number of carbonyl (C=O) groups excluding carboxylic acids is 1. The molecule has 8 heteroatoms. The van der Waals surface area contributed by atoms with Gasteiger partial charge in [0.1, 0.15) is 11.8 Å². The molecule has 0 amide bonds. The standard InChI is InChI=1S/C22H30N4O3S/c1-5-7-13-29-20(27)18-15(3)23-21-24-22(30-14-8-6-2)25-26(21)19(18)16-11-9-10-12-17(16)28-4/h9-12,19H,5-8,13-14H2,1-4H3,(H,23,24,25). The fourth-order valence-corrected chi connectivity index (χ4v) is 4.24. The van der Waals surface area contributed by atoms with Gasteiger partial charge in [0.15, 0.2) is 0 Å². The molecule has 1 aromatic heterocycles. The molecule has 30 heavy (non-hydrogen) atoms. The van der Waals surface area contributed by atoms with Gasteiger partial charge in [-0.3, -0.25) is 0 Å². The summed E-state index contributed by atoms with van der Waals surface area (Å²) < 4.78 is 12.9. The number of anilines is 1. The molecule has 2 aromatic rings. The summed E-state index contributed by atoms with van der Waals surface area (Å²) >= 11 is 1.62. The Labute approximate surface area is 182 Å². The molecule has 162 valence electrons. The maximum absolute atomic E-state index is 13.1. The first-order chi connectivity index (χ1) is 14.6. The largest absolute Gasteiger partial charge is 0.496 e. The highest BCUT2D eigenvalue weighted by Gasteiger charge is 2.36. The zero-order chi connectivity index (χ0) is 21.5. The van der Waals surface area contributed by atoms with Crippen LogP contribution in [0.2, 0.25) is 0 Å². The molecule has 1 aliphatic heterocycles. The summed E-state index contributed by atoms with van der Waals surface area (Å²) in [5.41, 5.74) is 2.09. The maximum Gasteiger partial charge on any atom is 0.338 e. The number of ether oxygens (including phenoxy) is 2. The Kier molecular flexibility index (Phi) is 7.79. The summed E-state index contributed by atoms with van der Waals surface area (Å²) in [6.45, 7) is 6.50. The lowest BCUT2D eigenvalue weighted by molar-refractivity contribution is -0.139. The first-order valence-corrected chi connectivity index (χ1v) is 11.5. The highest BCUT2D eigenvalue weighted by atomic mass is 32.2. The van der Waals surface area contributed by atoms with Gasteiger partial charge in [0.05, 0.1) is 19.3 Å². The number of methoxy groups -OCH3 is 1. The van der Waals surface area contributed by atoms with Gasteiger partial charge in [0, 0.05) is 17.0 Å². The number of esters is 1. The van der Waals surface area contributed by atoms with Crippen molar-refractivity contribution in [2.45, 2.75) is 57.7 Å². The molecule has 0 radical (unpaired) electrons. The average molecular weight is 431 g/mol. The van der Waals surface area contributed by atoms with Gasteiger partial charge in [0.25, 0.3) is 0 Å². The second-order valence-corrected chi connectivity index (χ2v) is 8.22. The predicted octanol–water partition coefficient (Wildman–Crippen LogP) is 4.81. The lowest BCUT2D eigenvalue weighted by atomic mass is 9.95. The quantitative estimate of drug-likeness (QED) is 0.329. The number of hydrogen-bond acceptors (Lipinski definition) is 7. The summed E-state index contributed by atoms with van der Waals surface area (Å²) in [6, 6.07) is 7.22. The van der Waals surface area contributed by atoms with Gasteiger partial charge in [-0.1, -0.05) is 56.7 Å². The van der Waals surface area contributed by atoms with E-state index in [1.54, 1.807) is 23.6 Å². The van der Waals surface area contributed by atoms with E-state index < -0.39 is 6.04 Å². The normalized spacial score (nSPS) is 15.5. The van der Waals surface area contributed by atoms with E-state index in [0.29, 0.717) is 29.0 Å². The van der Waals surface area contributed by atoms with Gasteiger partial charge >= 0.3 is 5.97 Å². The van der Waals surface area contributed by atoms with E-state index in [4.69, 9.17) is 14.6 Å². The second-order valence-electron chi connectivity index (χ2n) is 7.16. The third-order valence-corrected chi connectivity index (χ3v) is 5.87. The van der Waals surface area contributed by atoms with Crippen LogP contribution in [0.1, 0.15) is 58.1 Å². The number of nitrogens with zero attached hydrogens (tertiary/aromatic N) is 3.